The minimum absolute atomic E-state index is 1.01. The van der Waals surface area contributed by atoms with Gasteiger partial charge in [-0.05, 0) is 26.0 Å². The van der Waals surface area contributed by atoms with Gasteiger partial charge in [-0.25, -0.2) is 0 Å². The number of allylic oxidation sites excluding steroid dienone is 3. The summed E-state index contributed by atoms with van der Waals surface area (Å²) in [5, 5.41) is 3.38. The fourth-order valence-corrected chi connectivity index (χ4v) is 1.59. The van der Waals surface area contributed by atoms with Crippen molar-refractivity contribution >= 4 is 0 Å². The fourth-order valence-electron chi connectivity index (χ4n) is 1.59. The largest absolute Gasteiger partial charge is 0.385 e. The van der Waals surface area contributed by atoms with Gasteiger partial charge in [0.25, 0.3) is 0 Å². The molecule has 0 atom stereocenters. The lowest BCUT2D eigenvalue weighted by molar-refractivity contribution is 0.617. The number of unbranched alkanes of at least 4 members (excludes halogenated alkanes) is 4. The van der Waals surface area contributed by atoms with E-state index in [9.17, 15) is 0 Å². The van der Waals surface area contributed by atoms with Crippen LogP contribution in [0.25, 0.3) is 0 Å². The molecule has 0 saturated heterocycles. The topological polar surface area (TPSA) is 38.0 Å². The molecule has 0 unspecified atom stereocenters. The second-order valence-electron chi connectivity index (χ2n) is 3.67. The molecule has 2 nitrogen and oxygen atoms in total. The van der Waals surface area contributed by atoms with E-state index in [-0.39, 0.29) is 0 Å². The van der Waals surface area contributed by atoms with Gasteiger partial charge in [-0.1, -0.05) is 44.8 Å². The standard InChI is InChI=1S/C12H21N.CH5N/c1-2-3-4-5-6-9-12-10-7-8-11-13-12;1-2/h7-8,10,13H,2-6,9,11H2,1H3;2H2,1H3. The smallest absolute Gasteiger partial charge is 0.0330 e. The summed E-state index contributed by atoms with van der Waals surface area (Å²) in [6.45, 7) is 3.27. The maximum atomic E-state index is 4.50. The summed E-state index contributed by atoms with van der Waals surface area (Å²) in [6, 6.07) is 0. The summed E-state index contributed by atoms with van der Waals surface area (Å²) in [5.74, 6) is 0. The summed E-state index contributed by atoms with van der Waals surface area (Å²) >= 11 is 0. The van der Waals surface area contributed by atoms with Gasteiger partial charge in [-0.3, -0.25) is 0 Å². The minimum Gasteiger partial charge on any atom is -0.385 e. The Hall–Kier alpha value is -0.760. The lowest BCUT2D eigenvalue weighted by Gasteiger charge is -2.11. The van der Waals surface area contributed by atoms with Crippen molar-refractivity contribution < 1.29 is 0 Å². The second-order valence-corrected chi connectivity index (χ2v) is 3.67. The molecule has 0 amide bonds. The first kappa shape index (κ1) is 14.2. The van der Waals surface area contributed by atoms with Crippen LogP contribution in [0.3, 0.4) is 0 Å². The number of nitrogens with one attached hydrogen (secondary N) is 1. The average molecular weight is 210 g/mol. The summed E-state index contributed by atoms with van der Waals surface area (Å²) in [6.07, 6.45) is 14.6. The lowest BCUT2D eigenvalue weighted by atomic mass is 10.1. The molecule has 0 saturated carbocycles. The predicted molar refractivity (Wildman–Crippen MR) is 68.7 cm³/mol. The molecule has 88 valence electrons. The fraction of sp³-hybridized carbons (Fsp3) is 0.692. The van der Waals surface area contributed by atoms with Gasteiger partial charge in [-0.15, -0.1) is 0 Å². The van der Waals surface area contributed by atoms with Gasteiger partial charge >= 0.3 is 0 Å². The molecule has 1 rings (SSSR count). The van der Waals surface area contributed by atoms with E-state index in [0.717, 1.165) is 6.54 Å². The molecule has 15 heavy (non-hydrogen) atoms. The molecule has 0 spiro atoms. The third kappa shape index (κ3) is 8.25. The van der Waals surface area contributed by atoms with Crippen LogP contribution in [0.4, 0.5) is 0 Å². The van der Waals surface area contributed by atoms with Gasteiger partial charge in [0.15, 0.2) is 0 Å². The quantitative estimate of drug-likeness (QED) is 0.661. The monoisotopic (exact) mass is 210 g/mol. The lowest BCUT2D eigenvalue weighted by Crippen LogP contribution is -2.15. The molecule has 0 aromatic carbocycles. The highest BCUT2D eigenvalue weighted by atomic mass is 14.9. The van der Waals surface area contributed by atoms with Crippen LogP contribution in [-0.2, 0) is 0 Å². The molecular weight excluding hydrogens is 184 g/mol. The molecule has 0 aromatic rings. The third-order valence-corrected chi connectivity index (χ3v) is 2.43. The van der Waals surface area contributed by atoms with Crippen molar-refractivity contribution in [1.29, 1.82) is 0 Å². The zero-order valence-electron chi connectivity index (χ0n) is 10.3. The van der Waals surface area contributed by atoms with Crippen molar-refractivity contribution in [2.75, 3.05) is 13.6 Å². The minimum atomic E-state index is 1.01. The van der Waals surface area contributed by atoms with Crippen molar-refractivity contribution in [3.05, 3.63) is 23.9 Å². The molecule has 1 aliphatic heterocycles. The van der Waals surface area contributed by atoms with Gasteiger partial charge in [0, 0.05) is 12.2 Å². The van der Waals surface area contributed by atoms with E-state index < -0.39 is 0 Å². The van der Waals surface area contributed by atoms with Crippen LogP contribution in [0.2, 0.25) is 0 Å². The van der Waals surface area contributed by atoms with Crippen LogP contribution in [0.1, 0.15) is 45.4 Å². The first-order valence-electron chi connectivity index (χ1n) is 6.11. The van der Waals surface area contributed by atoms with Gasteiger partial charge in [0.1, 0.15) is 0 Å². The Morgan fingerprint density at radius 2 is 1.93 bits per heavy atom. The third-order valence-electron chi connectivity index (χ3n) is 2.43. The average Bonchev–Trinajstić information content (AvgIpc) is 2.33. The number of rotatable bonds is 6. The highest BCUT2D eigenvalue weighted by Crippen LogP contribution is 2.10. The summed E-state index contributed by atoms with van der Waals surface area (Å²) in [4.78, 5) is 0. The van der Waals surface area contributed by atoms with Crippen molar-refractivity contribution in [2.24, 2.45) is 5.73 Å². The SMILES string of the molecule is CCCCCCCC1=CC=CCN1.CN. The van der Waals surface area contributed by atoms with E-state index >= 15 is 0 Å². The van der Waals surface area contributed by atoms with Gasteiger partial charge in [0.2, 0.25) is 0 Å². The van der Waals surface area contributed by atoms with Crippen LogP contribution in [0.5, 0.6) is 0 Å². The van der Waals surface area contributed by atoms with Crippen LogP contribution in [-0.4, -0.2) is 13.6 Å². The van der Waals surface area contributed by atoms with Crippen LogP contribution in [0, 0.1) is 0 Å². The van der Waals surface area contributed by atoms with Gasteiger partial charge in [-0.2, -0.15) is 0 Å². The van der Waals surface area contributed by atoms with Crippen molar-refractivity contribution in [2.45, 2.75) is 45.4 Å². The van der Waals surface area contributed by atoms with E-state index in [1.165, 1.54) is 51.3 Å². The first-order chi connectivity index (χ1) is 7.43. The molecule has 0 fully saturated rings. The Morgan fingerprint density at radius 3 is 2.53 bits per heavy atom. The normalized spacial score (nSPS) is 13.7. The van der Waals surface area contributed by atoms with Crippen LogP contribution < -0.4 is 11.1 Å². The van der Waals surface area contributed by atoms with E-state index in [4.69, 9.17) is 0 Å². The summed E-state index contributed by atoms with van der Waals surface area (Å²) in [7, 11) is 1.50. The Kier molecular flexibility index (Phi) is 10.7. The molecule has 0 radical (unpaired) electrons. The van der Waals surface area contributed by atoms with Crippen molar-refractivity contribution in [1.82, 2.24) is 5.32 Å². The number of hydrogen-bond acceptors (Lipinski definition) is 2. The van der Waals surface area contributed by atoms with Crippen LogP contribution >= 0.6 is 0 Å². The Bertz CT molecular complexity index is 183. The molecule has 1 aliphatic rings. The molecule has 1 heterocycles. The highest BCUT2D eigenvalue weighted by molar-refractivity contribution is 5.16. The number of nitrogens with two attached hydrogens (primary N) is 1. The molecule has 0 aliphatic carbocycles. The number of dihydropyridines is 1. The Balaban J connectivity index is 0.000000921. The zero-order chi connectivity index (χ0) is 11.4. The van der Waals surface area contributed by atoms with E-state index in [1.807, 2.05) is 0 Å². The molecule has 0 bridgehead atoms. The van der Waals surface area contributed by atoms with Gasteiger partial charge < -0.3 is 11.1 Å². The zero-order valence-corrected chi connectivity index (χ0v) is 10.3. The van der Waals surface area contributed by atoms with E-state index in [1.54, 1.807) is 0 Å². The Morgan fingerprint density at radius 1 is 1.20 bits per heavy atom. The van der Waals surface area contributed by atoms with E-state index in [0.29, 0.717) is 0 Å². The van der Waals surface area contributed by atoms with Crippen LogP contribution in [0.15, 0.2) is 23.9 Å². The van der Waals surface area contributed by atoms with Crippen molar-refractivity contribution in [3.8, 4) is 0 Å². The summed E-state index contributed by atoms with van der Waals surface area (Å²) in [5.41, 5.74) is 5.92. The molecular formula is C13H26N2. The van der Waals surface area contributed by atoms with Crippen molar-refractivity contribution in [3.63, 3.8) is 0 Å². The van der Waals surface area contributed by atoms with Gasteiger partial charge in [0.05, 0.1) is 0 Å². The number of hydrogen-bond donors (Lipinski definition) is 2. The maximum Gasteiger partial charge on any atom is 0.0330 e. The summed E-state index contributed by atoms with van der Waals surface area (Å²) < 4.78 is 0. The Labute approximate surface area is 94.6 Å². The molecule has 2 heteroatoms. The highest BCUT2D eigenvalue weighted by Gasteiger charge is 1.97. The second kappa shape index (κ2) is 11.3. The van der Waals surface area contributed by atoms with E-state index in [2.05, 4.69) is 36.2 Å². The predicted octanol–water partition coefficient (Wildman–Crippen LogP) is 2.97. The maximum absolute atomic E-state index is 4.50. The first-order valence-corrected chi connectivity index (χ1v) is 6.11. The molecule has 3 N–H and O–H groups in total. The molecule has 0 aromatic heterocycles.